The third kappa shape index (κ3) is 4.58. The number of likely N-dealkylation sites (tertiary alicyclic amines) is 2. The Bertz CT molecular complexity index is 507. The van der Waals surface area contributed by atoms with Crippen molar-refractivity contribution in [3.63, 3.8) is 0 Å². The summed E-state index contributed by atoms with van der Waals surface area (Å²) in [5.41, 5.74) is -0.131. The molecule has 5 nitrogen and oxygen atoms in total. The van der Waals surface area contributed by atoms with Gasteiger partial charge in [-0.3, -0.25) is 4.79 Å². The molecule has 3 fully saturated rings. The predicted molar refractivity (Wildman–Crippen MR) is 104 cm³/mol. The molecule has 0 unspecified atom stereocenters. The van der Waals surface area contributed by atoms with E-state index in [2.05, 4.69) is 34.9 Å². The van der Waals surface area contributed by atoms with Gasteiger partial charge in [-0.25, -0.2) is 0 Å². The molecular weight excluding hydrogens is 324 g/mol. The molecule has 0 aromatic carbocycles. The van der Waals surface area contributed by atoms with E-state index in [0.29, 0.717) is 11.9 Å². The number of carbonyl (C=O) groups excluding carboxylic acids is 1. The Morgan fingerprint density at radius 3 is 2.27 bits per heavy atom. The summed E-state index contributed by atoms with van der Waals surface area (Å²) in [7, 11) is 4.33. The molecule has 2 heterocycles. The van der Waals surface area contributed by atoms with Gasteiger partial charge in [0.2, 0.25) is 5.91 Å². The number of hydrogen-bond acceptors (Lipinski definition) is 4. The maximum absolute atomic E-state index is 12.8. The standard InChI is InChI=1S/C21H36N4O/c1-23-12-6-18(7-13-23)20(26)25-14-8-19(9-15-25)24(2)17-21(16-22)10-4-3-5-11-21/h18-19H,3-15,17H2,1-2H3. The fourth-order valence-corrected chi connectivity index (χ4v) is 5.18. The lowest BCUT2D eigenvalue weighted by Crippen LogP contribution is -2.50. The second kappa shape index (κ2) is 8.71. The highest BCUT2D eigenvalue weighted by atomic mass is 16.2. The highest BCUT2D eigenvalue weighted by Gasteiger charge is 2.36. The van der Waals surface area contributed by atoms with Crippen LogP contribution in [0.4, 0.5) is 0 Å². The first-order valence-corrected chi connectivity index (χ1v) is 10.6. The lowest BCUT2D eigenvalue weighted by atomic mass is 9.74. The largest absolute Gasteiger partial charge is 0.342 e. The van der Waals surface area contributed by atoms with Gasteiger partial charge in [-0.15, -0.1) is 0 Å². The molecule has 26 heavy (non-hydrogen) atoms. The van der Waals surface area contributed by atoms with Crippen molar-refractivity contribution in [2.75, 3.05) is 46.8 Å². The number of amides is 1. The van der Waals surface area contributed by atoms with E-state index in [9.17, 15) is 10.1 Å². The lowest BCUT2D eigenvalue weighted by Gasteiger charge is -2.42. The van der Waals surface area contributed by atoms with Gasteiger partial charge in [-0.1, -0.05) is 19.3 Å². The molecule has 0 atom stereocenters. The molecule has 0 spiro atoms. The van der Waals surface area contributed by atoms with Crippen LogP contribution in [0.2, 0.25) is 0 Å². The SMILES string of the molecule is CN1CCC(C(=O)N2CCC(N(C)CC3(C#N)CCCCC3)CC2)CC1. The van der Waals surface area contributed by atoms with Crippen LogP contribution in [-0.4, -0.2) is 73.5 Å². The summed E-state index contributed by atoms with van der Waals surface area (Å²) in [5, 5.41) is 9.73. The zero-order chi connectivity index (χ0) is 18.6. The molecule has 5 heteroatoms. The van der Waals surface area contributed by atoms with Crippen molar-refractivity contribution in [3.8, 4) is 6.07 Å². The summed E-state index contributed by atoms with van der Waals surface area (Å²) in [4.78, 5) is 19.7. The van der Waals surface area contributed by atoms with Gasteiger partial charge in [0.05, 0.1) is 11.5 Å². The van der Waals surface area contributed by atoms with E-state index in [4.69, 9.17) is 0 Å². The third-order valence-electron chi connectivity index (χ3n) is 7.07. The van der Waals surface area contributed by atoms with Crippen LogP contribution in [0, 0.1) is 22.7 Å². The Morgan fingerprint density at radius 1 is 1.08 bits per heavy atom. The Balaban J connectivity index is 1.47. The molecule has 1 amide bonds. The number of hydrogen-bond donors (Lipinski definition) is 0. The Morgan fingerprint density at radius 2 is 1.69 bits per heavy atom. The molecule has 1 saturated carbocycles. The van der Waals surface area contributed by atoms with E-state index in [1.165, 1.54) is 19.3 Å². The highest BCUT2D eigenvalue weighted by Crippen LogP contribution is 2.37. The van der Waals surface area contributed by atoms with Crippen LogP contribution in [0.15, 0.2) is 0 Å². The number of nitriles is 1. The maximum Gasteiger partial charge on any atom is 0.225 e. The van der Waals surface area contributed by atoms with Crippen LogP contribution < -0.4 is 0 Å². The van der Waals surface area contributed by atoms with Gasteiger partial charge >= 0.3 is 0 Å². The van der Waals surface area contributed by atoms with Crippen molar-refractivity contribution in [3.05, 3.63) is 0 Å². The fourth-order valence-electron chi connectivity index (χ4n) is 5.18. The van der Waals surface area contributed by atoms with Crippen molar-refractivity contribution in [2.45, 2.75) is 63.8 Å². The molecule has 3 rings (SSSR count). The van der Waals surface area contributed by atoms with Crippen LogP contribution in [0.25, 0.3) is 0 Å². The van der Waals surface area contributed by atoms with E-state index in [-0.39, 0.29) is 11.3 Å². The monoisotopic (exact) mass is 360 g/mol. The van der Waals surface area contributed by atoms with Gasteiger partial charge in [0.15, 0.2) is 0 Å². The first-order chi connectivity index (χ1) is 12.5. The van der Waals surface area contributed by atoms with E-state index in [1.807, 2.05) is 0 Å². The molecule has 0 aromatic heterocycles. The predicted octanol–water partition coefficient (Wildman–Crippen LogP) is 2.73. The average Bonchev–Trinajstić information content (AvgIpc) is 2.69. The second-order valence-corrected chi connectivity index (χ2v) is 9.00. The van der Waals surface area contributed by atoms with Crippen molar-refractivity contribution in [2.24, 2.45) is 11.3 Å². The molecule has 1 aliphatic carbocycles. The van der Waals surface area contributed by atoms with Gasteiger partial charge < -0.3 is 14.7 Å². The highest BCUT2D eigenvalue weighted by molar-refractivity contribution is 5.79. The van der Waals surface area contributed by atoms with E-state index >= 15 is 0 Å². The van der Waals surface area contributed by atoms with Gasteiger partial charge in [-0.05, 0) is 65.7 Å². The van der Waals surface area contributed by atoms with Gasteiger partial charge in [0.1, 0.15) is 0 Å². The first kappa shape index (κ1) is 19.6. The summed E-state index contributed by atoms with van der Waals surface area (Å²) >= 11 is 0. The van der Waals surface area contributed by atoms with E-state index in [1.54, 1.807) is 0 Å². The van der Waals surface area contributed by atoms with Crippen molar-refractivity contribution < 1.29 is 4.79 Å². The second-order valence-electron chi connectivity index (χ2n) is 9.00. The summed E-state index contributed by atoms with van der Waals surface area (Å²) in [6, 6.07) is 3.17. The van der Waals surface area contributed by atoms with Crippen LogP contribution in [0.5, 0.6) is 0 Å². The first-order valence-electron chi connectivity index (χ1n) is 10.6. The number of carbonyl (C=O) groups is 1. The summed E-state index contributed by atoms with van der Waals surface area (Å²) in [5.74, 6) is 0.629. The summed E-state index contributed by atoms with van der Waals surface area (Å²) in [6.07, 6.45) is 9.93. The minimum absolute atomic E-state index is 0.131. The average molecular weight is 361 g/mol. The van der Waals surface area contributed by atoms with Crippen LogP contribution in [0.3, 0.4) is 0 Å². The van der Waals surface area contributed by atoms with Crippen molar-refractivity contribution in [1.82, 2.24) is 14.7 Å². The molecule has 2 aliphatic heterocycles. The zero-order valence-corrected chi connectivity index (χ0v) is 16.8. The minimum atomic E-state index is -0.131. The molecule has 3 aliphatic rings. The Labute approximate surface area is 159 Å². The number of rotatable bonds is 4. The van der Waals surface area contributed by atoms with Crippen molar-refractivity contribution >= 4 is 5.91 Å². The van der Waals surface area contributed by atoms with Crippen LogP contribution >= 0.6 is 0 Å². The maximum atomic E-state index is 12.8. The molecular formula is C21H36N4O. The summed E-state index contributed by atoms with van der Waals surface area (Å²) < 4.78 is 0. The third-order valence-corrected chi connectivity index (χ3v) is 7.07. The fraction of sp³-hybridized carbons (Fsp3) is 0.905. The normalized spacial score (nSPS) is 26.0. The molecule has 146 valence electrons. The number of nitrogens with zero attached hydrogens (tertiary/aromatic N) is 4. The van der Waals surface area contributed by atoms with Gasteiger partial charge in [-0.2, -0.15) is 5.26 Å². The molecule has 0 aromatic rings. The van der Waals surface area contributed by atoms with E-state index < -0.39 is 0 Å². The molecule has 0 radical (unpaired) electrons. The Hall–Kier alpha value is -1.12. The smallest absolute Gasteiger partial charge is 0.225 e. The van der Waals surface area contributed by atoms with Crippen molar-refractivity contribution in [1.29, 1.82) is 5.26 Å². The number of piperidine rings is 2. The minimum Gasteiger partial charge on any atom is -0.342 e. The molecule has 2 saturated heterocycles. The Kier molecular flexibility index (Phi) is 6.58. The molecule has 0 bridgehead atoms. The lowest BCUT2D eigenvalue weighted by molar-refractivity contribution is -0.138. The molecule has 0 N–H and O–H groups in total. The van der Waals surface area contributed by atoms with E-state index in [0.717, 1.165) is 71.2 Å². The van der Waals surface area contributed by atoms with Gasteiger partial charge in [0.25, 0.3) is 0 Å². The topological polar surface area (TPSA) is 50.6 Å². The van der Waals surface area contributed by atoms with Crippen LogP contribution in [-0.2, 0) is 4.79 Å². The zero-order valence-electron chi connectivity index (χ0n) is 16.8. The summed E-state index contributed by atoms with van der Waals surface area (Å²) in [6.45, 7) is 4.77. The van der Waals surface area contributed by atoms with Gasteiger partial charge in [0, 0.05) is 31.6 Å². The van der Waals surface area contributed by atoms with Crippen LogP contribution in [0.1, 0.15) is 57.8 Å². The quantitative estimate of drug-likeness (QED) is 0.773.